The quantitative estimate of drug-likeness (QED) is 0.486. The molecule has 3 rings (SSSR count). The molecule has 0 aliphatic heterocycles. The van der Waals surface area contributed by atoms with Crippen molar-refractivity contribution in [3.05, 3.63) is 65.0 Å². The highest BCUT2D eigenvalue weighted by molar-refractivity contribution is 7.14. The number of anilines is 1. The first kappa shape index (κ1) is 17.9. The summed E-state index contributed by atoms with van der Waals surface area (Å²) in [6.45, 7) is 0. The van der Waals surface area contributed by atoms with E-state index >= 15 is 0 Å². The van der Waals surface area contributed by atoms with Crippen molar-refractivity contribution in [2.75, 3.05) is 12.5 Å². The largest absolute Gasteiger partial charge is 0.496 e. The van der Waals surface area contributed by atoms with Crippen molar-refractivity contribution >= 4 is 22.7 Å². The number of nitrogens with one attached hydrogen (secondary N) is 1. The number of benzene rings is 2. The fourth-order valence-corrected chi connectivity index (χ4v) is 2.99. The zero-order chi connectivity index (χ0) is 18.6. The number of hydrogen-bond donors (Lipinski definition) is 1. The van der Waals surface area contributed by atoms with Gasteiger partial charge in [-0.3, -0.25) is 5.43 Å². The molecule has 0 aliphatic rings. The van der Waals surface area contributed by atoms with Crippen LogP contribution in [-0.4, -0.2) is 18.3 Å². The second kappa shape index (κ2) is 7.57. The third-order valence-corrected chi connectivity index (χ3v) is 4.26. The van der Waals surface area contributed by atoms with Crippen LogP contribution in [0.4, 0.5) is 18.3 Å². The number of hydrogen-bond acceptors (Lipinski definition) is 5. The highest BCUT2D eigenvalue weighted by atomic mass is 32.1. The van der Waals surface area contributed by atoms with E-state index in [2.05, 4.69) is 15.5 Å². The second-order valence-corrected chi connectivity index (χ2v) is 6.05. The van der Waals surface area contributed by atoms with E-state index in [0.717, 1.165) is 17.8 Å². The Kier molecular flexibility index (Phi) is 5.22. The van der Waals surface area contributed by atoms with Gasteiger partial charge in [-0.2, -0.15) is 18.3 Å². The average molecular weight is 377 g/mol. The van der Waals surface area contributed by atoms with Gasteiger partial charge < -0.3 is 4.74 Å². The molecular formula is C18H14F3N3OS. The lowest BCUT2D eigenvalue weighted by atomic mass is 10.1. The fraction of sp³-hybridized carbons (Fsp3) is 0.111. The number of alkyl halides is 3. The Bertz CT molecular complexity index is 922. The molecule has 0 unspecified atom stereocenters. The molecule has 0 radical (unpaired) electrons. The molecule has 26 heavy (non-hydrogen) atoms. The number of aromatic nitrogens is 1. The Morgan fingerprint density at radius 2 is 1.85 bits per heavy atom. The first-order chi connectivity index (χ1) is 12.5. The maximum Gasteiger partial charge on any atom is 0.417 e. The van der Waals surface area contributed by atoms with Crippen molar-refractivity contribution in [1.29, 1.82) is 0 Å². The van der Waals surface area contributed by atoms with Gasteiger partial charge in [0.2, 0.25) is 5.13 Å². The van der Waals surface area contributed by atoms with Gasteiger partial charge in [0.25, 0.3) is 0 Å². The molecule has 0 fully saturated rings. The number of methoxy groups -OCH3 is 1. The van der Waals surface area contributed by atoms with Gasteiger partial charge in [0.05, 0.1) is 24.6 Å². The van der Waals surface area contributed by atoms with Crippen molar-refractivity contribution in [3.63, 3.8) is 0 Å². The number of para-hydroxylation sites is 1. The first-order valence-electron chi connectivity index (χ1n) is 7.53. The van der Waals surface area contributed by atoms with E-state index < -0.39 is 11.7 Å². The molecule has 0 saturated heterocycles. The fourth-order valence-electron chi connectivity index (χ4n) is 2.33. The van der Waals surface area contributed by atoms with Crippen LogP contribution in [0.1, 0.15) is 11.1 Å². The Hall–Kier alpha value is -2.87. The molecule has 0 bridgehead atoms. The lowest BCUT2D eigenvalue weighted by Crippen LogP contribution is -2.08. The summed E-state index contributed by atoms with van der Waals surface area (Å²) in [4.78, 5) is 4.38. The van der Waals surface area contributed by atoms with Gasteiger partial charge in [0.1, 0.15) is 5.75 Å². The van der Waals surface area contributed by atoms with Gasteiger partial charge in [-0.1, -0.05) is 30.3 Å². The monoisotopic (exact) mass is 377 g/mol. The molecule has 2 aromatic carbocycles. The van der Waals surface area contributed by atoms with Gasteiger partial charge in [0.15, 0.2) is 0 Å². The summed E-state index contributed by atoms with van der Waals surface area (Å²) in [5.41, 5.74) is 3.43. The van der Waals surface area contributed by atoms with E-state index in [1.807, 2.05) is 29.6 Å². The maximum absolute atomic E-state index is 13.0. The number of nitrogens with zero attached hydrogens (tertiary/aromatic N) is 2. The van der Waals surface area contributed by atoms with Crippen LogP contribution in [0.25, 0.3) is 11.3 Å². The van der Waals surface area contributed by atoms with Crippen molar-refractivity contribution in [2.45, 2.75) is 6.18 Å². The molecule has 1 N–H and O–H groups in total. The predicted molar refractivity (Wildman–Crippen MR) is 96.8 cm³/mol. The molecule has 4 nitrogen and oxygen atoms in total. The lowest BCUT2D eigenvalue weighted by Gasteiger charge is -2.09. The number of ether oxygens (including phenoxy) is 1. The van der Waals surface area contributed by atoms with Crippen LogP contribution < -0.4 is 10.2 Å². The van der Waals surface area contributed by atoms with Gasteiger partial charge in [-0.15, -0.1) is 11.3 Å². The normalized spacial score (nSPS) is 11.7. The van der Waals surface area contributed by atoms with Crippen LogP contribution in [0, 0.1) is 0 Å². The summed E-state index contributed by atoms with van der Waals surface area (Å²) in [5, 5.41) is 6.16. The van der Waals surface area contributed by atoms with Crippen molar-refractivity contribution in [1.82, 2.24) is 4.98 Å². The lowest BCUT2D eigenvalue weighted by molar-refractivity contribution is -0.137. The Balaban J connectivity index is 1.76. The van der Waals surface area contributed by atoms with E-state index in [4.69, 9.17) is 4.74 Å². The molecule has 0 aliphatic carbocycles. The molecule has 134 valence electrons. The number of halogens is 3. The number of rotatable bonds is 5. The summed E-state index contributed by atoms with van der Waals surface area (Å²) >= 11 is 1.29. The zero-order valence-corrected chi connectivity index (χ0v) is 14.4. The summed E-state index contributed by atoms with van der Waals surface area (Å²) in [6.07, 6.45) is -3.30. The Morgan fingerprint density at radius 3 is 2.62 bits per heavy atom. The molecule has 0 atom stereocenters. The van der Waals surface area contributed by atoms with Crippen LogP contribution >= 0.6 is 11.3 Å². The standard InChI is InChI=1S/C18H14F3N3OS/c1-25-16-9-5-3-7-13(16)15-11-26-17(23-15)24-22-10-12-6-2-4-8-14(12)18(19,20)21/h2-11H,1H3,(H,23,24)/b22-10-. The molecule has 0 saturated carbocycles. The van der Waals surface area contributed by atoms with Crippen molar-refractivity contribution < 1.29 is 17.9 Å². The van der Waals surface area contributed by atoms with Gasteiger partial charge >= 0.3 is 6.18 Å². The topological polar surface area (TPSA) is 46.5 Å². The van der Waals surface area contributed by atoms with E-state index in [0.29, 0.717) is 16.6 Å². The number of hydrazone groups is 1. The van der Waals surface area contributed by atoms with E-state index in [9.17, 15) is 13.2 Å². The van der Waals surface area contributed by atoms with Gasteiger partial charge in [-0.25, -0.2) is 4.98 Å². The van der Waals surface area contributed by atoms with Gasteiger partial charge in [0, 0.05) is 16.5 Å². The highest BCUT2D eigenvalue weighted by Gasteiger charge is 2.32. The third kappa shape index (κ3) is 4.02. The van der Waals surface area contributed by atoms with Crippen LogP contribution in [0.2, 0.25) is 0 Å². The van der Waals surface area contributed by atoms with Crippen LogP contribution in [0.15, 0.2) is 59.0 Å². The molecule has 0 amide bonds. The van der Waals surface area contributed by atoms with Crippen molar-refractivity contribution in [3.8, 4) is 17.0 Å². The summed E-state index contributed by atoms with van der Waals surface area (Å²) in [5.74, 6) is 0.687. The first-order valence-corrected chi connectivity index (χ1v) is 8.41. The molecule has 1 heterocycles. The zero-order valence-electron chi connectivity index (χ0n) is 13.6. The second-order valence-electron chi connectivity index (χ2n) is 5.19. The molecule has 1 aromatic heterocycles. The third-order valence-electron chi connectivity index (χ3n) is 3.52. The van der Waals surface area contributed by atoms with Crippen LogP contribution in [0.3, 0.4) is 0 Å². The Labute approximate surface area is 152 Å². The smallest absolute Gasteiger partial charge is 0.417 e. The van der Waals surface area contributed by atoms with E-state index in [-0.39, 0.29) is 5.56 Å². The number of thiazole rings is 1. The Morgan fingerprint density at radius 1 is 1.12 bits per heavy atom. The van der Waals surface area contributed by atoms with Crippen LogP contribution in [-0.2, 0) is 6.18 Å². The predicted octanol–water partition coefficient (Wildman–Crippen LogP) is 5.28. The minimum Gasteiger partial charge on any atom is -0.496 e. The maximum atomic E-state index is 13.0. The van der Waals surface area contributed by atoms with Crippen LogP contribution in [0.5, 0.6) is 5.75 Å². The SMILES string of the molecule is COc1ccccc1-c1csc(N/N=C\c2ccccc2C(F)(F)F)n1. The summed E-state index contributed by atoms with van der Waals surface area (Å²) in [6, 6.07) is 12.7. The summed E-state index contributed by atoms with van der Waals surface area (Å²) in [7, 11) is 1.58. The van der Waals surface area contributed by atoms with Crippen molar-refractivity contribution in [2.24, 2.45) is 5.10 Å². The van der Waals surface area contributed by atoms with E-state index in [1.54, 1.807) is 7.11 Å². The summed E-state index contributed by atoms with van der Waals surface area (Å²) < 4.78 is 44.2. The van der Waals surface area contributed by atoms with E-state index in [1.165, 1.54) is 29.5 Å². The molecule has 3 aromatic rings. The molecule has 8 heteroatoms. The average Bonchev–Trinajstić information content (AvgIpc) is 3.10. The minimum atomic E-state index is -4.43. The molecular weight excluding hydrogens is 363 g/mol. The van der Waals surface area contributed by atoms with Gasteiger partial charge in [-0.05, 0) is 18.2 Å². The molecule has 0 spiro atoms. The highest BCUT2D eigenvalue weighted by Crippen LogP contribution is 2.32. The minimum absolute atomic E-state index is 0.0194.